The van der Waals surface area contributed by atoms with Gasteiger partial charge in [0.1, 0.15) is 18.1 Å². The Labute approximate surface area is 132 Å². The molecule has 0 aromatic heterocycles. The van der Waals surface area contributed by atoms with Crippen molar-refractivity contribution in [3.8, 4) is 11.5 Å². The highest BCUT2D eigenvalue weighted by Gasteiger charge is 2.11. The molecular weight excluding hydrogens is 278 g/mol. The lowest BCUT2D eigenvalue weighted by molar-refractivity contribution is 0.325. The minimum atomic E-state index is 0.456. The van der Waals surface area contributed by atoms with Gasteiger partial charge < -0.3 is 20.1 Å². The van der Waals surface area contributed by atoms with Gasteiger partial charge >= 0.3 is 0 Å². The normalized spacial score (nSPS) is 14.9. The van der Waals surface area contributed by atoms with Crippen LogP contribution in [-0.4, -0.2) is 38.8 Å². The Balaban J connectivity index is 1.77. The first kappa shape index (κ1) is 16.2. The predicted molar refractivity (Wildman–Crippen MR) is 89.8 cm³/mol. The van der Waals surface area contributed by atoms with Gasteiger partial charge in [-0.2, -0.15) is 0 Å². The van der Waals surface area contributed by atoms with E-state index in [4.69, 9.17) is 9.47 Å². The van der Waals surface area contributed by atoms with Crippen LogP contribution in [0, 0.1) is 0 Å². The molecule has 0 bridgehead atoms. The van der Waals surface area contributed by atoms with Gasteiger partial charge in [0.05, 0.1) is 13.7 Å². The Morgan fingerprint density at radius 1 is 1.27 bits per heavy atom. The molecule has 120 valence electrons. The molecule has 1 aromatic carbocycles. The number of hydrogen-bond acceptors (Lipinski definition) is 3. The first-order valence-corrected chi connectivity index (χ1v) is 7.78. The second kappa shape index (κ2) is 8.97. The molecule has 0 amide bonds. The summed E-state index contributed by atoms with van der Waals surface area (Å²) >= 11 is 0. The SMILES string of the molecule is CCNC(=NCCOc1cccc(OC)c1)NC1CC=CC1. The lowest BCUT2D eigenvalue weighted by Crippen LogP contribution is -2.42. The number of methoxy groups -OCH3 is 1. The highest BCUT2D eigenvalue weighted by atomic mass is 16.5. The highest BCUT2D eigenvalue weighted by Crippen LogP contribution is 2.18. The smallest absolute Gasteiger partial charge is 0.191 e. The van der Waals surface area contributed by atoms with Gasteiger partial charge in [-0.1, -0.05) is 18.2 Å². The van der Waals surface area contributed by atoms with Crippen LogP contribution in [0.4, 0.5) is 0 Å². The van der Waals surface area contributed by atoms with Gasteiger partial charge in [-0.3, -0.25) is 0 Å². The summed E-state index contributed by atoms with van der Waals surface area (Å²) in [6.07, 6.45) is 6.52. The van der Waals surface area contributed by atoms with Gasteiger partial charge in [-0.05, 0) is 31.9 Å². The van der Waals surface area contributed by atoms with E-state index in [1.165, 1.54) is 0 Å². The van der Waals surface area contributed by atoms with Crippen LogP contribution in [0.3, 0.4) is 0 Å². The Bertz CT molecular complexity index is 506. The van der Waals surface area contributed by atoms with Crippen molar-refractivity contribution in [2.45, 2.75) is 25.8 Å². The Morgan fingerprint density at radius 3 is 2.77 bits per heavy atom. The van der Waals surface area contributed by atoms with Crippen molar-refractivity contribution in [3.63, 3.8) is 0 Å². The lowest BCUT2D eigenvalue weighted by atomic mass is 10.2. The largest absolute Gasteiger partial charge is 0.497 e. The fourth-order valence-corrected chi connectivity index (χ4v) is 2.26. The van der Waals surface area contributed by atoms with Crippen molar-refractivity contribution >= 4 is 5.96 Å². The molecule has 2 rings (SSSR count). The highest BCUT2D eigenvalue weighted by molar-refractivity contribution is 5.80. The van der Waals surface area contributed by atoms with Gasteiger partial charge in [0.15, 0.2) is 5.96 Å². The van der Waals surface area contributed by atoms with Crippen molar-refractivity contribution in [1.29, 1.82) is 0 Å². The quantitative estimate of drug-likeness (QED) is 0.351. The molecule has 0 saturated heterocycles. The summed E-state index contributed by atoms with van der Waals surface area (Å²) in [7, 11) is 1.65. The summed E-state index contributed by atoms with van der Waals surface area (Å²) in [5, 5.41) is 6.70. The van der Waals surface area contributed by atoms with Crippen LogP contribution in [-0.2, 0) is 0 Å². The number of nitrogens with one attached hydrogen (secondary N) is 2. The number of hydrogen-bond donors (Lipinski definition) is 2. The Hall–Kier alpha value is -2.17. The van der Waals surface area contributed by atoms with Crippen molar-refractivity contribution in [1.82, 2.24) is 10.6 Å². The van der Waals surface area contributed by atoms with Gasteiger partial charge in [-0.15, -0.1) is 0 Å². The number of nitrogens with zero attached hydrogens (tertiary/aromatic N) is 1. The average molecular weight is 303 g/mol. The maximum absolute atomic E-state index is 5.69. The predicted octanol–water partition coefficient (Wildman–Crippen LogP) is 2.35. The molecule has 5 nitrogen and oxygen atoms in total. The summed E-state index contributed by atoms with van der Waals surface area (Å²) in [6, 6.07) is 8.05. The molecule has 1 aliphatic carbocycles. The number of benzene rings is 1. The third-order valence-electron chi connectivity index (χ3n) is 3.36. The van der Waals surface area contributed by atoms with Crippen LogP contribution in [0.1, 0.15) is 19.8 Å². The maximum atomic E-state index is 5.69. The topological polar surface area (TPSA) is 54.9 Å². The standard InChI is InChI=1S/C17H25N3O2/c1-3-18-17(20-14-7-4-5-8-14)19-11-12-22-16-10-6-9-15(13-16)21-2/h4-6,9-10,13-14H,3,7-8,11-12H2,1-2H3,(H2,18,19,20). The first-order valence-electron chi connectivity index (χ1n) is 7.78. The average Bonchev–Trinajstić information content (AvgIpc) is 3.05. The molecule has 0 saturated carbocycles. The van der Waals surface area contributed by atoms with E-state index >= 15 is 0 Å². The molecule has 5 heteroatoms. The van der Waals surface area contributed by atoms with Crippen molar-refractivity contribution in [2.75, 3.05) is 26.8 Å². The molecule has 1 aromatic rings. The minimum absolute atomic E-state index is 0.456. The van der Waals surface area contributed by atoms with Gasteiger partial charge in [0.25, 0.3) is 0 Å². The zero-order chi connectivity index (χ0) is 15.6. The lowest BCUT2D eigenvalue weighted by Gasteiger charge is -2.16. The Morgan fingerprint density at radius 2 is 2.05 bits per heavy atom. The van der Waals surface area contributed by atoms with Gasteiger partial charge in [-0.25, -0.2) is 4.99 Å². The molecule has 0 aliphatic heterocycles. The van der Waals surface area contributed by atoms with E-state index in [1.807, 2.05) is 24.3 Å². The van der Waals surface area contributed by atoms with Crippen LogP contribution in [0.15, 0.2) is 41.4 Å². The van der Waals surface area contributed by atoms with E-state index in [9.17, 15) is 0 Å². The van der Waals surface area contributed by atoms with E-state index < -0.39 is 0 Å². The van der Waals surface area contributed by atoms with Crippen LogP contribution >= 0.6 is 0 Å². The molecule has 0 fully saturated rings. The number of ether oxygens (including phenoxy) is 2. The van der Waals surface area contributed by atoms with Crippen molar-refractivity contribution in [2.24, 2.45) is 4.99 Å². The van der Waals surface area contributed by atoms with Gasteiger partial charge in [0.2, 0.25) is 0 Å². The van der Waals surface area contributed by atoms with Crippen molar-refractivity contribution in [3.05, 3.63) is 36.4 Å². The van der Waals surface area contributed by atoms with Crippen LogP contribution in [0.2, 0.25) is 0 Å². The molecular formula is C17H25N3O2. The molecule has 1 aliphatic rings. The number of rotatable bonds is 7. The van der Waals surface area contributed by atoms with E-state index in [0.29, 0.717) is 19.2 Å². The fraction of sp³-hybridized carbons (Fsp3) is 0.471. The zero-order valence-electron chi connectivity index (χ0n) is 13.3. The summed E-state index contributed by atoms with van der Waals surface area (Å²) < 4.78 is 10.9. The van der Waals surface area contributed by atoms with Crippen LogP contribution < -0.4 is 20.1 Å². The van der Waals surface area contributed by atoms with E-state index in [0.717, 1.165) is 36.8 Å². The molecule has 0 radical (unpaired) electrons. The third kappa shape index (κ3) is 5.31. The number of guanidine groups is 1. The Kier molecular flexibility index (Phi) is 6.61. The molecule has 0 atom stereocenters. The molecule has 22 heavy (non-hydrogen) atoms. The van der Waals surface area contributed by atoms with E-state index in [-0.39, 0.29) is 0 Å². The summed E-state index contributed by atoms with van der Waals surface area (Å²) in [5.74, 6) is 2.45. The molecule has 0 spiro atoms. The fourth-order valence-electron chi connectivity index (χ4n) is 2.26. The summed E-state index contributed by atoms with van der Waals surface area (Å²) in [4.78, 5) is 4.54. The molecule has 2 N–H and O–H groups in total. The van der Waals surface area contributed by atoms with Crippen LogP contribution in [0.5, 0.6) is 11.5 Å². The zero-order valence-corrected chi connectivity index (χ0v) is 13.3. The van der Waals surface area contributed by atoms with E-state index in [1.54, 1.807) is 7.11 Å². The van der Waals surface area contributed by atoms with Crippen molar-refractivity contribution < 1.29 is 9.47 Å². The van der Waals surface area contributed by atoms with Crippen LogP contribution in [0.25, 0.3) is 0 Å². The van der Waals surface area contributed by atoms with Gasteiger partial charge in [0, 0.05) is 18.7 Å². The summed E-state index contributed by atoms with van der Waals surface area (Å²) in [6.45, 7) is 4.05. The molecule has 0 heterocycles. The molecule has 0 unspecified atom stereocenters. The van der Waals surface area contributed by atoms with E-state index in [2.05, 4.69) is 34.7 Å². The third-order valence-corrected chi connectivity index (χ3v) is 3.36. The second-order valence-electron chi connectivity index (χ2n) is 5.07. The second-order valence-corrected chi connectivity index (χ2v) is 5.07. The first-order chi connectivity index (χ1) is 10.8. The minimum Gasteiger partial charge on any atom is -0.497 e. The maximum Gasteiger partial charge on any atom is 0.191 e. The monoisotopic (exact) mass is 303 g/mol. The number of aliphatic imine (C=N–C) groups is 1. The summed E-state index contributed by atoms with van der Waals surface area (Å²) in [5.41, 5.74) is 0.